The second-order valence-corrected chi connectivity index (χ2v) is 7.92. The van der Waals surface area contributed by atoms with Gasteiger partial charge in [0.1, 0.15) is 34.3 Å². The molecule has 0 saturated heterocycles. The number of halogens is 1. The summed E-state index contributed by atoms with van der Waals surface area (Å²) in [7, 11) is 0. The molecular weight excluding hydrogens is 459 g/mol. The van der Waals surface area contributed by atoms with Crippen LogP contribution in [-0.4, -0.2) is 11.0 Å². The fraction of sp³-hybridized carbons (Fsp3) is 0. The van der Waals surface area contributed by atoms with Gasteiger partial charge in [0, 0.05) is 35.5 Å². The predicted molar refractivity (Wildman–Crippen MR) is 134 cm³/mol. The third-order valence-corrected chi connectivity index (χ3v) is 5.41. The van der Waals surface area contributed by atoms with Crippen LogP contribution in [0.4, 0.5) is 15.8 Å². The molecule has 0 atom stereocenters. The molecule has 0 radical (unpaired) electrons. The molecular formula is C28H20FN4O3+. The Labute approximate surface area is 205 Å². The summed E-state index contributed by atoms with van der Waals surface area (Å²) in [5, 5.41) is 9.10. The molecule has 0 aliphatic carbocycles. The van der Waals surface area contributed by atoms with E-state index < -0.39 is 11.7 Å². The van der Waals surface area contributed by atoms with Crippen molar-refractivity contribution in [2.45, 2.75) is 0 Å². The van der Waals surface area contributed by atoms with E-state index in [-0.39, 0.29) is 11.4 Å². The maximum atomic E-state index is 13.4. The van der Waals surface area contributed by atoms with Crippen molar-refractivity contribution in [1.29, 1.82) is 0 Å². The van der Waals surface area contributed by atoms with Crippen LogP contribution in [0.5, 0.6) is 11.5 Å². The van der Waals surface area contributed by atoms with E-state index in [1.807, 2.05) is 60.7 Å². The molecule has 0 spiro atoms. The van der Waals surface area contributed by atoms with Crippen molar-refractivity contribution < 1.29 is 18.6 Å². The number of nitrogens with zero attached hydrogens (tertiary/aromatic N) is 2. The fourth-order valence-corrected chi connectivity index (χ4v) is 3.74. The Kier molecular flexibility index (Phi) is 6.31. The Morgan fingerprint density at radius 1 is 0.861 bits per heavy atom. The Morgan fingerprint density at radius 3 is 2.25 bits per heavy atom. The number of H-pyrrole nitrogens is 1. The first kappa shape index (κ1) is 22.7. The molecule has 0 fully saturated rings. The standard InChI is InChI=1S/C28H19FN4O3/c29-20-11-13-24(14-12-20)36-25-16-21(15-22(17-25)32-35)30-28(34)26-18-33(23-9-5-2-6-10-23)31-27(26)19-7-3-1-4-8-19/h1-18H,(H,30,34)/p+1. The van der Waals surface area contributed by atoms with Crippen molar-refractivity contribution in [2.75, 3.05) is 5.32 Å². The molecule has 8 heteroatoms. The molecule has 36 heavy (non-hydrogen) atoms. The maximum Gasteiger partial charge on any atom is 0.264 e. The van der Waals surface area contributed by atoms with Gasteiger partial charge in [0.25, 0.3) is 5.91 Å². The SMILES string of the molecule is O=Nc1cc(NC(=O)c2c[n+](-c3ccccc3)[nH]c2-c2ccccc2)cc(Oc2ccc(F)cc2)c1. The van der Waals surface area contributed by atoms with Gasteiger partial charge in [-0.1, -0.05) is 53.2 Å². The summed E-state index contributed by atoms with van der Waals surface area (Å²) in [5.41, 5.74) is 3.11. The highest BCUT2D eigenvalue weighted by atomic mass is 19.1. The topological polar surface area (TPSA) is 87.4 Å². The van der Waals surface area contributed by atoms with Gasteiger partial charge in [-0.15, -0.1) is 4.91 Å². The molecule has 4 aromatic carbocycles. The second-order valence-electron chi connectivity index (χ2n) is 7.92. The summed E-state index contributed by atoms with van der Waals surface area (Å²) >= 11 is 0. The van der Waals surface area contributed by atoms with Crippen molar-refractivity contribution in [1.82, 2.24) is 5.10 Å². The third kappa shape index (κ3) is 5.02. The highest BCUT2D eigenvalue weighted by molar-refractivity contribution is 6.08. The fourth-order valence-electron chi connectivity index (χ4n) is 3.74. The summed E-state index contributed by atoms with van der Waals surface area (Å²) in [6.07, 6.45) is 1.71. The number of anilines is 1. The minimum Gasteiger partial charge on any atom is -0.457 e. The van der Waals surface area contributed by atoms with Gasteiger partial charge < -0.3 is 10.1 Å². The van der Waals surface area contributed by atoms with Crippen LogP contribution in [0.2, 0.25) is 0 Å². The molecule has 176 valence electrons. The van der Waals surface area contributed by atoms with Gasteiger partial charge in [-0.2, -0.15) is 5.10 Å². The molecule has 0 aliphatic heterocycles. The Morgan fingerprint density at radius 2 is 1.56 bits per heavy atom. The summed E-state index contributed by atoms with van der Waals surface area (Å²) < 4.78 is 20.7. The summed E-state index contributed by atoms with van der Waals surface area (Å²) in [6, 6.07) is 29.0. The number of benzene rings is 4. The molecule has 2 N–H and O–H groups in total. The first-order valence-electron chi connectivity index (χ1n) is 11.1. The van der Waals surface area contributed by atoms with Gasteiger partial charge >= 0.3 is 0 Å². The van der Waals surface area contributed by atoms with Crippen molar-refractivity contribution in [3.8, 4) is 28.4 Å². The lowest BCUT2D eigenvalue weighted by Gasteiger charge is -2.10. The molecule has 0 saturated carbocycles. The monoisotopic (exact) mass is 479 g/mol. The number of para-hydroxylation sites is 1. The maximum absolute atomic E-state index is 13.4. The Bertz CT molecular complexity index is 1520. The third-order valence-electron chi connectivity index (χ3n) is 5.41. The molecule has 5 aromatic rings. The number of ether oxygens (including phenoxy) is 1. The van der Waals surface area contributed by atoms with Gasteiger partial charge in [0.15, 0.2) is 0 Å². The van der Waals surface area contributed by atoms with Crippen LogP contribution < -0.4 is 14.7 Å². The minimum absolute atomic E-state index is 0.0709. The molecule has 7 nitrogen and oxygen atoms in total. The first-order valence-corrected chi connectivity index (χ1v) is 11.1. The van der Waals surface area contributed by atoms with Crippen LogP contribution in [-0.2, 0) is 0 Å². The summed E-state index contributed by atoms with van der Waals surface area (Å²) in [5.74, 6) is -0.147. The normalized spacial score (nSPS) is 10.6. The van der Waals surface area contributed by atoms with E-state index in [2.05, 4.69) is 15.6 Å². The molecule has 0 aliphatic rings. The number of carbonyl (C=O) groups excluding carboxylic acids is 1. The van der Waals surface area contributed by atoms with E-state index in [0.29, 0.717) is 22.7 Å². The minimum atomic E-state index is -0.396. The molecule has 1 heterocycles. The second kappa shape index (κ2) is 10.0. The van der Waals surface area contributed by atoms with Gasteiger partial charge in [-0.3, -0.25) is 4.79 Å². The molecule has 5 rings (SSSR count). The van der Waals surface area contributed by atoms with Gasteiger partial charge in [0.2, 0.25) is 11.9 Å². The molecule has 1 aromatic heterocycles. The first-order chi connectivity index (χ1) is 17.6. The van der Waals surface area contributed by atoms with E-state index in [0.717, 1.165) is 11.3 Å². The van der Waals surface area contributed by atoms with E-state index in [9.17, 15) is 14.1 Å². The largest absolute Gasteiger partial charge is 0.457 e. The number of aromatic amines is 1. The highest BCUT2D eigenvalue weighted by Gasteiger charge is 2.24. The highest BCUT2D eigenvalue weighted by Crippen LogP contribution is 2.31. The van der Waals surface area contributed by atoms with E-state index in [1.165, 1.54) is 36.4 Å². The number of rotatable bonds is 7. The van der Waals surface area contributed by atoms with Crippen molar-refractivity contribution in [2.24, 2.45) is 5.18 Å². The van der Waals surface area contributed by atoms with Crippen LogP contribution >= 0.6 is 0 Å². The zero-order valence-electron chi connectivity index (χ0n) is 18.9. The van der Waals surface area contributed by atoms with E-state index in [1.54, 1.807) is 16.9 Å². The summed E-state index contributed by atoms with van der Waals surface area (Å²) in [6.45, 7) is 0. The molecule has 1 amide bonds. The number of hydrogen-bond acceptors (Lipinski definition) is 4. The van der Waals surface area contributed by atoms with Gasteiger partial charge in [0.05, 0.1) is 0 Å². The zero-order valence-corrected chi connectivity index (χ0v) is 18.9. The lowest BCUT2D eigenvalue weighted by atomic mass is 10.1. The number of nitrogens with one attached hydrogen (secondary N) is 2. The Hall–Kier alpha value is -5.11. The van der Waals surface area contributed by atoms with Gasteiger partial charge in [-0.25, -0.2) is 4.39 Å². The van der Waals surface area contributed by atoms with Crippen LogP contribution in [0.1, 0.15) is 10.4 Å². The number of hydrogen-bond donors (Lipinski definition) is 2. The molecule has 0 unspecified atom stereocenters. The Balaban J connectivity index is 1.48. The van der Waals surface area contributed by atoms with Crippen LogP contribution in [0.15, 0.2) is 115 Å². The lowest BCUT2D eigenvalue weighted by Crippen LogP contribution is -2.31. The van der Waals surface area contributed by atoms with Crippen molar-refractivity contribution >= 4 is 17.3 Å². The lowest BCUT2D eigenvalue weighted by molar-refractivity contribution is -0.654. The number of amides is 1. The number of nitroso groups, excluding NO2 is 1. The van der Waals surface area contributed by atoms with Crippen LogP contribution in [0.25, 0.3) is 16.9 Å². The van der Waals surface area contributed by atoms with E-state index in [4.69, 9.17) is 4.74 Å². The zero-order chi connectivity index (χ0) is 24.9. The van der Waals surface area contributed by atoms with Crippen molar-refractivity contribution in [3.63, 3.8) is 0 Å². The molecule has 0 bridgehead atoms. The van der Waals surface area contributed by atoms with E-state index >= 15 is 0 Å². The van der Waals surface area contributed by atoms with Gasteiger partial charge in [-0.05, 0) is 35.5 Å². The average Bonchev–Trinajstić information content (AvgIpc) is 3.37. The number of aromatic nitrogens is 2. The van der Waals surface area contributed by atoms with Crippen LogP contribution in [0, 0.1) is 10.7 Å². The van der Waals surface area contributed by atoms with Crippen LogP contribution in [0.3, 0.4) is 0 Å². The quantitative estimate of drug-likeness (QED) is 0.205. The average molecular weight is 479 g/mol. The summed E-state index contributed by atoms with van der Waals surface area (Å²) in [4.78, 5) is 24.7. The predicted octanol–water partition coefficient (Wildman–Crippen LogP) is 6.54. The van der Waals surface area contributed by atoms with Crippen molar-refractivity contribution in [3.05, 3.63) is 126 Å². The number of carbonyl (C=O) groups is 1. The smallest absolute Gasteiger partial charge is 0.264 e.